The number of hydrogen-bond acceptors (Lipinski definition) is 4. The fraction of sp³-hybridized carbons (Fsp3) is 0.0909. The van der Waals surface area contributed by atoms with Gasteiger partial charge in [0, 0.05) is 26.9 Å². The average molecular weight is 359 g/mol. The van der Waals surface area contributed by atoms with Gasteiger partial charge in [-0.2, -0.15) is 0 Å². The monoisotopic (exact) mass is 357 g/mol. The first-order chi connectivity index (χ1) is 8.09. The van der Waals surface area contributed by atoms with Gasteiger partial charge in [0.15, 0.2) is 0 Å². The van der Waals surface area contributed by atoms with E-state index in [1.165, 1.54) is 0 Å². The molecule has 0 aromatic carbocycles. The van der Waals surface area contributed by atoms with Gasteiger partial charge in [0.25, 0.3) is 0 Å². The summed E-state index contributed by atoms with van der Waals surface area (Å²) in [5.74, 6) is 0.302. The number of aromatic nitrogens is 2. The number of nitrogens with zero attached hydrogens (tertiary/aromatic N) is 2. The molecule has 6 heteroatoms. The Balaban J connectivity index is 2.44. The van der Waals surface area contributed by atoms with Crippen LogP contribution in [0.4, 0.5) is 5.82 Å². The molecule has 0 amide bonds. The van der Waals surface area contributed by atoms with Crippen molar-refractivity contribution in [2.75, 3.05) is 5.73 Å². The molecule has 2 heterocycles. The van der Waals surface area contributed by atoms with E-state index in [9.17, 15) is 5.11 Å². The molecule has 0 saturated carbocycles. The summed E-state index contributed by atoms with van der Waals surface area (Å²) in [5, 5.41) is 10.2. The Morgan fingerprint density at radius 2 is 2.06 bits per heavy atom. The van der Waals surface area contributed by atoms with Crippen LogP contribution in [0.2, 0.25) is 0 Å². The van der Waals surface area contributed by atoms with Crippen molar-refractivity contribution in [3.8, 4) is 0 Å². The lowest BCUT2D eigenvalue weighted by molar-refractivity contribution is 0.215. The molecule has 0 saturated heterocycles. The molecule has 0 aliphatic heterocycles. The Bertz CT molecular complexity index is 548. The van der Waals surface area contributed by atoms with Crippen LogP contribution >= 0.6 is 31.9 Å². The fourth-order valence-electron chi connectivity index (χ4n) is 1.43. The second-order valence-electron chi connectivity index (χ2n) is 3.40. The number of anilines is 1. The molecule has 0 spiro atoms. The molecule has 3 N–H and O–H groups in total. The minimum Gasteiger partial charge on any atom is -0.383 e. The second kappa shape index (κ2) is 5.12. The first-order valence-electron chi connectivity index (χ1n) is 4.79. The average Bonchev–Trinajstić information content (AvgIpc) is 2.29. The van der Waals surface area contributed by atoms with E-state index in [0.29, 0.717) is 21.5 Å². The van der Waals surface area contributed by atoms with Gasteiger partial charge < -0.3 is 10.8 Å². The van der Waals surface area contributed by atoms with E-state index < -0.39 is 6.10 Å². The largest absolute Gasteiger partial charge is 0.383 e. The number of aliphatic hydroxyl groups excluding tert-OH is 1. The standard InChI is InChI=1S/C11H9Br2N3O/c12-6-4-8(13)9(16-5-6)10(17)7-2-1-3-15-11(7)14/h1-5,10,17H,(H2,14,15). The predicted molar refractivity (Wildman–Crippen MR) is 72.3 cm³/mol. The lowest BCUT2D eigenvalue weighted by Gasteiger charge is -2.13. The third-order valence-electron chi connectivity index (χ3n) is 2.26. The maximum Gasteiger partial charge on any atom is 0.129 e. The van der Waals surface area contributed by atoms with E-state index in [0.717, 1.165) is 4.47 Å². The number of halogens is 2. The zero-order valence-electron chi connectivity index (χ0n) is 8.64. The molecule has 2 aromatic rings. The molecule has 1 unspecified atom stereocenters. The van der Waals surface area contributed by atoms with Gasteiger partial charge in [0.2, 0.25) is 0 Å². The van der Waals surface area contributed by atoms with Gasteiger partial charge in [-0.25, -0.2) is 4.98 Å². The topological polar surface area (TPSA) is 72.0 Å². The highest BCUT2D eigenvalue weighted by Gasteiger charge is 2.18. The van der Waals surface area contributed by atoms with E-state index in [-0.39, 0.29) is 0 Å². The maximum atomic E-state index is 10.2. The minimum atomic E-state index is -0.897. The zero-order valence-corrected chi connectivity index (χ0v) is 11.8. The summed E-state index contributed by atoms with van der Waals surface area (Å²) in [7, 11) is 0. The van der Waals surface area contributed by atoms with Crippen LogP contribution < -0.4 is 5.73 Å². The zero-order chi connectivity index (χ0) is 12.4. The van der Waals surface area contributed by atoms with E-state index in [2.05, 4.69) is 41.8 Å². The molecular formula is C11H9Br2N3O. The maximum absolute atomic E-state index is 10.2. The molecule has 2 rings (SSSR count). The molecule has 0 radical (unpaired) electrons. The van der Waals surface area contributed by atoms with E-state index in [1.54, 1.807) is 24.5 Å². The SMILES string of the molecule is Nc1ncccc1C(O)c1ncc(Br)cc1Br. The lowest BCUT2D eigenvalue weighted by Crippen LogP contribution is -2.07. The van der Waals surface area contributed by atoms with E-state index in [1.807, 2.05) is 6.07 Å². The molecule has 0 bridgehead atoms. The first-order valence-corrected chi connectivity index (χ1v) is 6.37. The first kappa shape index (κ1) is 12.5. The number of hydrogen-bond donors (Lipinski definition) is 2. The quantitative estimate of drug-likeness (QED) is 0.865. The smallest absolute Gasteiger partial charge is 0.129 e. The van der Waals surface area contributed by atoms with Crippen LogP contribution in [0.15, 0.2) is 39.5 Å². The van der Waals surface area contributed by atoms with E-state index in [4.69, 9.17) is 5.73 Å². The van der Waals surface area contributed by atoms with Crippen LogP contribution in [-0.4, -0.2) is 15.1 Å². The van der Waals surface area contributed by atoms with Gasteiger partial charge in [0.05, 0.1) is 5.69 Å². The van der Waals surface area contributed by atoms with Gasteiger partial charge in [-0.3, -0.25) is 4.98 Å². The summed E-state index contributed by atoms with van der Waals surface area (Å²) < 4.78 is 1.54. The highest BCUT2D eigenvalue weighted by Crippen LogP contribution is 2.30. The molecule has 0 aliphatic rings. The van der Waals surface area contributed by atoms with Gasteiger partial charge in [-0.05, 0) is 44.0 Å². The highest BCUT2D eigenvalue weighted by molar-refractivity contribution is 9.11. The Hall–Kier alpha value is -0.980. The van der Waals surface area contributed by atoms with Gasteiger partial charge >= 0.3 is 0 Å². The summed E-state index contributed by atoms with van der Waals surface area (Å²) in [4.78, 5) is 8.11. The number of aliphatic hydroxyl groups is 1. The summed E-state index contributed by atoms with van der Waals surface area (Å²) >= 11 is 6.66. The number of nitrogen functional groups attached to an aromatic ring is 1. The molecule has 0 aliphatic carbocycles. The van der Waals surface area contributed by atoms with Crippen LogP contribution in [0.5, 0.6) is 0 Å². The number of pyridine rings is 2. The summed E-state index contributed by atoms with van der Waals surface area (Å²) in [6.07, 6.45) is 2.30. The molecule has 88 valence electrons. The molecule has 2 aromatic heterocycles. The Kier molecular flexibility index (Phi) is 3.76. The molecule has 1 atom stereocenters. The van der Waals surface area contributed by atoms with Crippen LogP contribution in [0, 0.1) is 0 Å². The van der Waals surface area contributed by atoms with Crippen LogP contribution in [0.3, 0.4) is 0 Å². The normalized spacial score (nSPS) is 12.4. The van der Waals surface area contributed by atoms with Crippen LogP contribution in [0.1, 0.15) is 17.4 Å². The van der Waals surface area contributed by atoms with Crippen LogP contribution in [0.25, 0.3) is 0 Å². The van der Waals surface area contributed by atoms with Gasteiger partial charge in [-0.1, -0.05) is 6.07 Å². The Labute approximate surface area is 115 Å². The van der Waals surface area contributed by atoms with Gasteiger partial charge in [-0.15, -0.1) is 0 Å². The Morgan fingerprint density at radius 3 is 2.71 bits per heavy atom. The third-order valence-corrected chi connectivity index (χ3v) is 3.33. The summed E-state index contributed by atoms with van der Waals surface area (Å²) in [5.41, 5.74) is 6.77. The number of rotatable bonds is 2. The molecule has 0 fully saturated rings. The second-order valence-corrected chi connectivity index (χ2v) is 5.17. The van der Waals surface area contributed by atoms with Crippen molar-refractivity contribution in [3.05, 3.63) is 50.8 Å². The Morgan fingerprint density at radius 1 is 1.29 bits per heavy atom. The van der Waals surface area contributed by atoms with Crippen molar-refractivity contribution in [1.82, 2.24) is 9.97 Å². The fourth-order valence-corrected chi connectivity index (χ4v) is 2.64. The summed E-state index contributed by atoms with van der Waals surface area (Å²) in [6.45, 7) is 0. The predicted octanol–water partition coefficient (Wildman–Crippen LogP) is 2.67. The van der Waals surface area contributed by atoms with Crippen molar-refractivity contribution in [2.45, 2.75) is 6.10 Å². The number of nitrogens with two attached hydrogens (primary N) is 1. The lowest BCUT2D eigenvalue weighted by atomic mass is 10.1. The molecular weight excluding hydrogens is 350 g/mol. The highest BCUT2D eigenvalue weighted by atomic mass is 79.9. The summed E-state index contributed by atoms with van der Waals surface area (Å²) in [6, 6.07) is 5.27. The third kappa shape index (κ3) is 2.65. The van der Waals surface area contributed by atoms with Crippen molar-refractivity contribution in [1.29, 1.82) is 0 Å². The van der Waals surface area contributed by atoms with Crippen molar-refractivity contribution < 1.29 is 5.11 Å². The van der Waals surface area contributed by atoms with Gasteiger partial charge in [0.1, 0.15) is 11.9 Å². The van der Waals surface area contributed by atoms with Crippen molar-refractivity contribution in [2.24, 2.45) is 0 Å². The van der Waals surface area contributed by atoms with Crippen molar-refractivity contribution in [3.63, 3.8) is 0 Å². The minimum absolute atomic E-state index is 0.302. The van der Waals surface area contributed by atoms with E-state index >= 15 is 0 Å². The van der Waals surface area contributed by atoms with Crippen molar-refractivity contribution >= 4 is 37.7 Å². The molecule has 4 nitrogen and oxygen atoms in total. The molecule has 17 heavy (non-hydrogen) atoms. The van der Waals surface area contributed by atoms with Crippen LogP contribution in [-0.2, 0) is 0 Å².